The average Bonchev–Trinajstić information content (AvgIpc) is 3.20. The Labute approximate surface area is 155 Å². The average molecular weight is 367 g/mol. The number of phenolic OH excluding ortho intramolecular Hbond substituents is 1. The number of aromatic nitrogens is 2. The molecule has 2 N–H and O–H groups in total. The number of amides is 1. The number of nitrogens with one attached hydrogen (secondary N) is 1. The third-order valence-corrected chi connectivity index (χ3v) is 4.76. The highest BCUT2D eigenvalue weighted by atomic mass is 19.1. The molecule has 0 saturated heterocycles. The first-order valence-corrected chi connectivity index (χ1v) is 8.54. The maximum atomic E-state index is 14.6. The SMILES string of the molecule is COCCN1C(=O)c2[nH]nc(-c3ccccc3O)c2[C@H]1c1ccccc1F. The molecule has 0 aliphatic carbocycles. The highest BCUT2D eigenvalue weighted by molar-refractivity contribution is 6.00. The number of H-pyrrole nitrogens is 1. The van der Waals surface area contributed by atoms with E-state index in [1.165, 1.54) is 6.07 Å². The number of carbonyl (C=O) groups is 1. The summed E-state index contributed by atoms with van der Waals surface area (Å²) in [7, 11) is 1.55. The molecule has 4 rings (SSSR count). The highest BCUT2D eigenvalue weighted by Gasteiger charge is 2.43. The van der Waals surface area contributed by atoms with Gasteiger partial charge in [0.05, 0.1) is 12.6 Å². The summed E-state index contributed by atoms with van der Waals surface area (Å²) in [5, 5.41) is 17.3. The standard InChI is InChI=1S/C20H18FN3O3/c1-27-11-10-24-19(12-6-2-4-8-14(12)21)16-17(22-23-18(16)20(24)26)13-7-3-5-9-15(13)25/h2-9,19,25H,10-11H2,1H3,(H,22,23)/t19-/m1/s1. The van der Waals surface area contributed by atoms with Crippen LogP contribution in [-0.2, 0) is 4.74 Å². The third-order valence-electron chi connectivity index (χ3n) is 4.76. The van der Waals surface area contributed by atoms with Gasteiger partial charge in [-0.05, 0) is 18.2 Å². The van der Waals surface area contributed by atoms with Gasteiger partial charge in [-0.1, -0.05) is 30.3 Å². The first kappa shape index (κ1) is 17.2. The van der Waals surface area contributed by atoms with Gasteiger partial charge in [0, 0.05) is 30.3 Å². The number of para-hydroxylation sites is 1. The van der Waals surface area contributed by atoms with Crippen molar-refractivity contribution < 1.29 is 19.0 Å². The van der Waals surface area contributed by atoms with Crippen LogP contribution in [0.25, 0.3) is 11.3 Å². The van der Waals surface area contributed by atoms with Gasteiger partial charge in [-0.3, -0.25) is 9.89 Å². The maximum Gasteiger partial charge on any atom is 0.273 e. The summed E-state index contributed by atoms with van der Waals surface area (Å²) >= 11 is 0. The predicted molar refractivity (Wildman–Crippen MR) is 96.8 cm³/mol. The predicted octanol–water partition coefficient (Wildman–Crippen LogP) is 3.11. The molecule has 0 bridgehead atoms. The highest BCUT2D eigenvalue weighted by Crippen LogP contribution is 2.44. The lowest BCUT2D eigenvalue weighted by atomic mass is 9.95. The molecular weight excluding hydrogens is 349 g/mol. The van der Waals surface area contributed by atoms with Gasteiger partial charge in [0.1, 0.15) is 23.0 Å². The second-order valence-electron chi connectivity index (χ2n) is 6.29. The number of rotatable bonds is 5. The van der Waals surface area contributed by atoms with Gasteiger partial charge >= 0.3 is 0 Å². The topological polar surface area (TPSA) is 78.5 Å². The first-order chi connectivity index (χ1) is 13.1. The van der Waals surface area contributed by atoms with E-state index < -0.39 is 11.9 Å². The maximum absolute atomic E-state index is 14.6. The number of phenols is 1. The smallest absolute Gasteiger partial charge is 0.273 e. The van der Waals surface area contributed by atoms with Gasteiger partial charge in [0.2, 0.25) is 0 Å². The van der Waals surface area contributed by atoms with E-state index in [2.05, 4.69) is 10.2 Å². The van der Waals surface area contributed by atoms with Crippen LogP contribution in [0.3, 0.4) is 0 Å². The Balaban J connectivity index is 1.91. The molecule has 0 radical (unpaired) electrons. The van der Waals surface area contributed by atoms with Crippen molar-refractivity contribution in [2.45, 2.75) is 6.04 Å². The number of carbonyl (C=O) groups excluding carboxylic acids is 1. The minimum Gasteiger partial charge on any atom is -0.507 e. The molecule has 138 valence electrons. The molecule has 7 heteroatoms. The van der Waals surface area contributed by atoms with E-state index in [0.717, 1.165) is 0 Å². The molecule has 6 nitrogen and oxygen atoms in total. The molecule has 2 aromatic carbocycles. The van der Waals surface area contributed by atoms with Crippen molar-refractivity contribution >= 4 is 5.91 Å². The van der Waals surface area contributed by atoms with Crippen LogP contribution in [0.4, 0.5) is 4.39 Å². The zero-order chi connectivity index (χ0) is 19.0. The Morgan fingerprint density at radius 1 is 1.22 bits per heavy atom. The Bertz CT molecular complexity index is 1000. The van der Waals surface area contributed by atoms with Crippen molar-refractivity contribution in [3.05, 3.63) is 71.2 Å². The van der Waals surface area contributed by atoms with Crippen molar-refractivity contribution in [2.75, 3.05) is 20.3 Å². The summed E-state index contributed by atoms with van der Waals surface area (Å²) in [4.78, 5) is 14.5. The summed E-state index contributed by atoms with van der Waals surface area (Å²) in [5.74, 6) is -0.638. The lowest BCUT2D eigenvalue weighted by molar-refractivity contribution is 0.0675. The summed E-state index contributed by atoms with van der Waals surface area (Å²) < 4.78 is 19.8. The summed E-state index contributed by atoms with van der Waals surface area (Å²) in [6.07, 6.45) is 0. The molecule has 1 atom stereocenters. The second kappa shape index (κ2) is 6.85. The molecule has 0 unspecified atom stereocenters. The molecule has 2 heterocycles. The minimum atomic E-state index is -0.655. The van der Waals surface area contributed by atoms with E-state index in [4.69, 9.17) is 4.74 Å². The van der Waals surface area contributed by atoms with E-state index >= 15 is 0 Å². The van der Waals surface area contributed by atoms with E-state index in [1.54, 1.807) is 54.5 Å². The largest absolute Gasteiger partial charge is 0.507 e. The normalized spacial score (nSPS) is 16.0. The van der Waals surface area contributed by atoms with Crippen molar-refractivity contribution in [3.63, 3.8) is 0 Å². The van der Waals surface area contributed by atoms with Crippen LogP contribution in [-0.4, -0.2) is 46.4 Å². The zero-order valence-electron chi connectivity index (χ0n) is 14.6. The van der Waals surface area contributed by atoms with Crippen molar-refractivity contribution in [3.8, 4) is 17.0 Å². The van der Waals surface area contributed by atoms with Crippen molar-refractivity contribution in [2.24, 2.45) is 0 Å². The minimum absolute atomic E-state index is 0.0434. The number of aromatic amines is 1. The Morgan fingerprint density at radius 2 is 1.96 bits per heavy atom. The van der Waals surface area contributed by atoms with Crippen LogP contribution >= 0.6 is 0 Å². The lowest BCUT2D eigenvalue weighted by Gasteiger charge is -2.26. The van der Waals surface area contributed by atoms with E-state index in [0.29, 0.717) is 41.2 Å². The molecule has 1 aliphatic rings. The fourth-order valence-electron chi connectivity index (χ4n) is 3.52. The Morgan fingerprint density at radius 3 is 2.70 bits per heavy atom. The number of benzene rings is 2. The molecule has 0 saturated carbocycles. The van der Waals surface area contributed by atoms with Crippen LogP contribution in [0.15, 0.2) is 48.5 Å². The van der Waals surface area contributed by atoms with Gasteiger partial charge in [0.25, 0.3) is 5.91 Å². The van der Waals surface area contributed by atoms with Gasteiger partial charge in [-0.25, -0.2) is 4.39 Å². The van der Waals surface area contributed by atoms with E-state index in [9.17, 15) is 14.3 Å². The number of halogens is 1. The molecular formula is C20H18FN3O3. The number of hydrogen-bond acceptors (Lipinski definition) is 4. The van der Waals surface area contributed by atoms with Crippen LogP contribution in [0.1, 0.15) is 27.7 Å². The van der Waals surface area contributed by atoms with Gasteiger partial charge < -0.3 is 14.7 Å². The van der Waals surface area contributed by atoms with Crippen molar-refractivity contribution in [1.29, 1.82) is 0 Å². The summed E-state index contributed by atoms with van der Waals surface area (Å²) in [6, 6.07) is 12.4. The van der Waals surface area contributed by atoms with E-state index in [1.807, 2.05) is 0 Å². The number of hydrogen-bond donors (Lipinski definition) is 2. The molecule has 1 amide bonds. The molecule has 1 aliphatic heterocycles. The number of ether oxygens (including phenoxy) is 1. The number of aromatic hydroxyl groups is 1. The second-order valence-corrected chi connectivity index (χ2v) is 6.29. The fraction of sp³-hybridized carbons (Fsp3) is 0.200. The monoisotopic (exact) mass is 367 g/mol. The summed E-state index contributed by atoms with van der Waals surface area (Å²) in [5.41, 5.74) is 2.15. The lowest BCUT2D eigenvalue weighted by Crippen LogP contribution is -2.33. The summed E-state index contributed by atoms with van der Waals surface area (Å²) in [6.45, 7) is 0.622. The van der Waals surface area contributed by atoms with Gasteiger partial charge in [-0.15, -0.1) is 0 Å². The van der Waals surface area contributed by atoms with Crippen LogP contribution in [0.5, 0.6) is 5.75 Å². The Hall–Kier alpha value is -3.19. The number of methoxy groups -OCH3 is 1. The molecule has 1 aromatic heterocycles. The number of fused-ring (bicyclic) bond motifs is 1. The van der Waals surface area contributed by atoms with Gasteiger partial charge in [0.15, 0.2) is 0 Å². The number of nitrogens with zero attached hydrogens (tertiary/aromatic N) is 2. The van der Waals surface area contributed by atoms with Crippen LogP contribution in [0.2, 0.25) is 0 Å². The molecule has 3 aromatic rings. The first-order valence-electron chi connectivity index (χ1n) is 8.54. The van der Waals surface area contributed by atoms with Gasteiger partial charge in [-0.2, -0.15) is 5.10 Å². The fourth-order valence-corrected chi connectivity index (χ4v) is 3.52. The van der Waals surface area contributed by atoms with Crippen molar-refractivity contribution in [1.82, 2.24) is 15.1 Å². The molecule has 0 fully saturated rings. The Kier molecular flexibility index (Phi) is 4.37. The van der Waals surface area contributed by atoms with Crippen LogP contribution < -0.4 is 0 Å². The quantitative estimate of drug-likeness (QED) is 0.726. The third kappa shape index (κ3) is 2.76. The molecule has 0 spiro atoms. The zero-order valence-corrected chi connectivity index (χ0v) is 14.6. The van der Waals surface area contributed by atoms with Crippen LogP contribution in [0, 0.1) is 5.82 Å². The van der Waals surface area contributed by atoms with E-state index in [-0.39, 0.29) is 11.7 Å². The molecule has 27 heavy (non-hydrogen) atoms.